The number of rotatable bonds is 6. The van der Waals surface area contributed by atoms with E-state index in [4.69, 9.17) is 4.74 Å². The van der Waals surface area contributed by atoms with Gasteiger partial charge in [0, 0.05) is 32.1 Å². The van der Waals surface area contributed by atoms with Crippen molar-refractivity contribution in [1.82, 2.24) is 10.2 Å². The number of ether oxygens (including phenoxy) is 1. The summed E-state index contributed by atoms with van der Waals surface area (Å²) >= 11 is 1.73. The predicted octanol–water partition coefficient (Wildman–Crippen LogP) is 2.08. The fourth-order valence-corrected chi connectivity index (χ4v) is 3.11. The fraction of sp³-hybridized carbons (Fsp3) is 0.667. The van der Waals surface area contributed by atoms with E-state index in [0.717, 1.165) is 19.6 Å². The van der Waals surface area contributed by atoms with Gasteiger partial charge in [0.05, 0.1) is 13.2 Å². The van der Waals surface area contributed by atoms with Gasteiger partial charge in [-0.05, 0) is 35.2 Å². The zero-order valence-corrected chi connectivity index (χ0v) is 13.1. The lowest BCUT2D eigenvalue weighted by atomic mass is 10.0. The third kappa shape index (κ3) is 4.58. The van der Waals surface area contributed by atoms with E-state index in [9.17, 15) is 4.79 Å². The molecule has 2 heterocycles. The van der Waals surface area contributed by atoms with Crippen molar-refractivity contribution in [2.24, 2.45) is 0 Å². The highest BCUT2D eigenvalue weighted by molar-refractivity contribution is 7.07. The molecule has 2 rings (SSSR count). The average Bonchev–Trinajstić information content (AvgIpc) is 3.00. The quantitative estimate of drug-likeness (QED) is 0.874. The average molecular weight is 296 g/mol. The number of thiophene rings is 1. The molecule has 5 heteroatoms. The summed E-state index contributed by atoms with van der Waals surface area (Å²) in [5.41, 5.74) is 1.37. The number of carbonyl (C=O) groups is 1. The normalized spacial score (nSPS) is 18.8. The minimum absolute atomic E-state index is 0.214. The second kappa shape index (κ2) is 7.76. The molecule has 1 aliphatic heterocycles. The van der Waals surface area contributed by atoms with Crippen LogP contribution in [0.25, 0.3) is 0 Å². The Bertz CT molecular complexity index is 402. The first kappa shape index (κ1) is 15.5. The highest BCUT2D eigenvalue weighted by atomic mass is 32.1. The van der Waals surface area contributed by atoms with E-state index in [0.29, 0.717) is 25.6 Å². The molecule has 2 unspecified atom stereocenters. The van der Waals surface area contributed by atoms with Crippen molar-refractivity contribution in [2.45, 2.75) is 32.2 Å². The number of hydrogen-bond acceptors (Lipinski definition) is 4. The van der Waals surface area contributed by atoms with Crippen LogP contribution in [0.5, 0.6) is 0 Å². The van der Waals surface area contributed by atoms with Crippen molar-refractivity contribution in [3.63, 3.8) is 0 Å². The summed E-state index contributed by atoms with van der Waals surface area (Å²) in [5, 5.41) is 7.77. The maximum absolute atomic E-state index is 12.1. The van der Waals surface area contributed by atoms with E-state index >= 15 is 0 Å². The first-order valence-corrected chi connectivity index (χ1v) is 8.22. The molecule has 1 aromatic heterocycles. The minimum Gasteiger partial charge on any atom is -0.378 e. The Morgan fingerprint density at radius 2 is 2.20 bits per heavy atom. The van der Waals surface area contributed by atoms with Crippen LogP contribution in [0.3, 0.4) is 0 Å². The summed E-state index contributed by atoms with van der Waals surface area (Å²) in [7, 11) is 0. The number of hydrogen-bond donors (Lipinski definition) is 1. The highest BCUT2D eigenvalue weighted by Gasteiger charge is 2.19. The molecule has 4 nitrogen and oxygen atoms in total. The van der Waals surface area contributed by atoms with E-state index in [-0.39, 0.29) is 11.9 Å². The number of morpholine rings is 1. The Morgan fingerprint density at radius 3 is 2.85 bits per heavy atom. The van der Waals surface area contributed by atoms with Gasteiger partial charge in [0.25, 0.3) is 0 Å². The number of nitrogens with one attached hydrogen (secondary N) is 1. The van der Waals surface area contributed by atoms with Crippen molar-refractivity contribution in [2.75, 3.05) is 32.8 Å². The van der Waals surface area contributed by atoms with E-state index in [1.165, 1.54) is 5.56 Å². The second-order valence-corrected chi connectivity index (χ2v) is 6.24. The molecule has 0 bridgehead atoms. The van der Waals surface area contributed by atoms with Gasteiger partial charge in [-0.2, -0.15) is 11.3 Å². The van der Waals surface area contributed by atoms with E-state index < -0.39 is 0 Å². The van der Waals surface area contributed by atoms with E-state index in [2.05, 4.69) is 36.0 Å². The first-order chi connectivity index (χ1) is 9.66. The van der Waals surface area contributed by atoms with Crippen LogP contribution in [-0.2, 0) is 9.53 Å². The van der Waals surface area contributed by atoms with Crippen LogP contribution in [0.15, 0.2) is 16.8 Å². The van der Waals surface area contributed by atoms with Crippen LogP contribution in [0.1, 0.15) is 31.7 Å². The number of nitrogens with zero attached hydrogens (tertiary/aromatic N) is 1. The summed E-state index contributed by atoms with van der Waals surface area (Å²) in [6.45, 7) is 8.01. The van der Waals surface area contributed by atoms with Gasteiger partial charge in [-0.25, -0.2) is 0 Å². The summed E-state index contributed by atoms with van der Waals surface area (Å²) in [6.07, 6.45) is 0.566. The van der Waals surface area contributed by atoms with Crippen molar-refractivity contribution >= 4 is 17.2 Å². The third-order valence-corrected chi connectivity index (χ3v) is 4.43. The molecule has 112 valence electrons. The van der Waals surface area contributed by atoms with Gasteiger partial charge in [0.2, 0.25) is 5.91 Å². The lowest BCUT2D eigenvalue weighted by Crippen LogP contribution is -2.43. The van der Waals surface area contributed by atoms with Gasteiger partial charge in [-0.1, -0.05) is 6.92 Å². The third-order valence-electron chi connectivity index (χ3n) is 3.73. The topological polar surface area (TPSA) is 41.6 Å². The van der Waals surface area contributed by atoms with Crippen molar-refractivity contribution in [3.8, 4) is 0 Å². The van der Waals surface area contributed by atoms with Crippen molar-refractivity contribution in [3.05, 3.63) is 22.4 Å². The Balaban J connectivity index is 1.69. The summed E-state index contributed by atoms with van der Waals surface area (Å²) in [4.78, 5) is 14.0. The number of carbonyl (C=O) groups excluding carboxylic acids is 1. The van der Waals surface area contributed by atoms with Gasteiger partial charge >= 0.3 is 0 Å². The molecule has 0 saturated carbocycles. The van der Waals surface area contributed by atoms with Gasteiger partial charge < -0.3 is 15.0 Å². The van der Waals surface area contributed by atoms with Crippen molar-refractivity contribution < 1.29 is 9.53 Å². The molecule has 1 saturated heterocycles. The van der Waals surface area contributed by atoms with E-state index in [1.807, 2.05) is 4.90 Å². The van der Waals surface area contributed by atoms with Crippen LogP contribution in [-0.4, -0.2) is 49.7 Å². The van der Waals surface area contributed by atoms with Crippen molar-refractivity contribution in [1.29, 1.82) is 0 Å². The summed E-state index contributed by atoms with van der Waals surface area (Å²) in [6, 6.07) is 2.38. The van der Waals surface area contributed by atoms with Crippen LogP contribution < -0.4 is 5.32 Å². The van der Waals surface area contributed by atoms with Crippen LogP contribution in [0.4, 0.5) is 0 Å². The van der Waals surface area contributed by atoms with Gasteiger partial charge in [0.1, 0.15) is 0 Å². The molecule has 20 heavy (non-hydrogen) atoms. The predicted molar refractivity (Wildman–Crippen MR) is 82.2 cm³/mol. The molecule has 1 aliphatic rings. The molecule has 0 aromatic carbocycles. The Labute approximate surface area is 125 Å². The molecular formula is C15H24N2O2S. The molecule has 1 fully saturated rings. The SMILES string of the molecule is CC(CC(=O)N1CCOCC1)NCC(C)c1ccsc1. The minimum atomic E-state index is 0.214. The van der Waals surface area contributed by atoms with Gasteiger partial charge in [-0.3, -0.25) is 4.79 Å². The molecule has 1 aromatic rings. The molecule has 0 spiro atoms. The van der Waals surface area contributed by atoms with Crippen LogP contribution in [0, 0.1) is 0 Å². The largest absolute Gasteiger partial charge is 0.378 e. The second-order valence-electron chi connectivity index (χ2n) is 5.46. The zero-order valence-electron chi connectivity index (χ0n) is 12.3. The zero-order chi connectivity index (χ0) is 14.4. The highest BCUT2D eigenvalue weighted by Crippen LogP contribution is 2.17. The standard InChI is InChI=1S/C15H24N2O2S/c1-12(14-3-8-20-11-14)10-16-13(2)9-15(18)17-4-6-19-7-5-17/h3,8,11-13,16H,4-7,9-10H2,1-2H3. The Morgan fingerprint density at radius 1 is 1.45 bits per heavy atom. The molecule has 1 N–H and O–H groups in total. The van der Waals surface area contributed by atoms with Gasteiger partial charge in [-0.15, -0.1) is 0 Å². The summed E-state index contributed by atoms with van der Waals surface area (Å²) < 4.78 is 5.27. The van der Waals surface area contributed by atoms with E-state index in [1.54, 1.807) is 11.3 Å². The van der Waals surface area contributed by atoms with Crippen LogP contribution >= 0.6 is 11.3 Å². The lowest BCUT2D eigenvalue weighted by Gasteiger charge is -2.28. The monoisotopic (exact) mass is 296 g/mol. The smallest absolute Gasteiger partial charge is 0.224 e. The first-order valence-electron chi connectivity index (χ1n) is 7.28. The Kier molecular flexibility index (Phi) is 6.01. The number of amides is 1. The molecule has 0 aliphatic carbocycles. The lowest BCUT2D eigenvalue weighted by molar-refractivity contribution is -0.135. The van der Waals surface area contributed by atoms with Gasteiger partial charge in [0.15, 0.2) is 0 Å². The molecule has 0 radical (unpaired) electrons. The fourth-order valence-electron chi connectivity index (χ4n) is 2.33. The molecule has 1 amide bonds. The molecule has 2 atom stereocenters. The van der Waals surface area contributed by atoms with Crippen LogP contribution in [0.2, 0.25) is 0 Å². The summed E-state index contributed by atoms with van der Waals surface area (Å²) in [5.74, 6) is 0.721. The maximum atomic E-state index is 12.1. The maximum Gasteiger partial charge on any atom is 0.224 e. The molecular weight excluding hydrogens is 272 g/mol. The Hall–Kier alpha value is -0.910.